The standard InChI is InChI=1S/C10H11NO/c12-10-7-3-5-8-4-1-2-6-9(8)11-10/h1-6,8-9H,7H2,(H,11,12). The second-order valence-corrected chi connectivity index (χ2v) is 3.07. The number of fused-ring (bicyclic) bond motifs is 1. The minimum Gasteiger partial charge on any atom is -0.349 e. The fraction of sp³-hybridized carbons (Fsp3) is 0.300. The molecule has 0 aromatic heterocycles. The third-order valence-corrected chi connectivity index (χ3v) is 2.17. The van der Waals surface area contributed by atoms with E-state index in [-0.39, 0.29) is 11.9 Å². The number of hydrogen-bond donors (Lipinski definition) is 1. The van der Waals surface area contributed by atoms with Gasteiger partial charge in [-0.05, 0) is 0 Å². The number of rotatable bonds is 0. The van der Waals surface area contributed by atoms with Crippen molar-refractivity contribution in [2.24, 2.45) is 5.92 Å². The van der Waals surface area contributed by atoms with Crippen molar-refractivity contribution in [3.05, 3.63) is 36.5 Å². The average Bonchev–Trinajstić information content (AvgIpc) is 2.25. The lowest BCUT2D eigenvalue weighted by Crippen LogP contribution is -2.36. The molecule has 0 fully saturated rings. The largest absolute Gasteiger partial charge is 0.349 e. The maximum atomic E-state index is 11.1. The van der Waals surface area contributed by atoms with Crippen molar-refractivity contribution in [1.82, 2.24) is 5.32 Å². The van der Waals surface area contributed by atoms with Crippen molar-refractivity contribution in [3.8, 4) is 0 Å². The first-order valence-corrected chi connectivity index (χ1v) is 4.17. The Hall–Kier alpha value is -1.31. The lowest BCUT2D eigenvalue weighted by molar-refractivity contribution is -0.120. The number of amides is 1. The molecule has 2 rings (SSSR count). The predicted octanol–water partition coefficient (Wildman–Crippen LogP) is 1.17. The van der Waals surface area contributed by atoms with Crippen molar-refractivity contribution >= 4 is 5.91 Å². The molecule has 0 saturated carbocycles. The van der Waals surface area contributed by atoms with Gasteiger partial charge >= 0.3 is 0 Å². The van der Waals surface area contributed by atoms with Crippen LogP contribution in [0.2, 0.25) is 0 Å². The molecule has 1 heterocycles. The summed E-state index contributed by atoms with van der Waals surface area (Å²) in [6.07, 6.45) is 12.6. The van der Waals surface area contributed by atoms with Gasteiger partial charge in [0, 0.05) is 12.3 Å². The van der Waals surface area contributed by atoms with Gasteiger partial charge in [0.1, 0.15) is 0 Å². The van der Waals surface area contributed by atoms with Crippen LogP contribution < -0.4 is 5.32 Å². The molecule has 1 aliphatic carbocycles. The zero-order chi connectivity index (χ0) is 8.39. The summed E-state index contributed by atoms with van der Waals surface area (Å²) in [7, 11) is 0. The Labute approximate surface area is 71.7 Å². The monoisotopic (exact) mass is 161 g/mol. The maximum absolute atomic E-state index is 11.1. The molecule has 2 aliphatic rings. The molecule has 0 saturated heterocycles. The highest BCUT2D eigenvalue weighted by atomic mass is 16.1. The van der Waals surface area contributed by atoms with Crippen molar-refractivity contribution in [2.75, 3.05) is 0 Å². The molecule has 12 heavy (non-hydrogen) atoms. The van der Waals surface area contributed by atoms with E-state index in [0.29, 0.717) is 12.3 Å². The minimum absolute atomic E-state index is 0.110. The van der Waals surface area contributed by atoms with E-state index < -0.39 is 0 Å². The molecule has 2 nitrogen and oxygen atoms in total. The number of allylic oxidation sites excluding steroid dienone is 2. The smallest absolute Gasteiger partial charge is 0.224 e. The first-order valence-electron chi connectivity index (χ1n) is 4.17. The van der Waals surface area contributed by atoms with E-state index in [2.05, 4.69) is 17.5 Å². The van der Waals surface area contributed by atoms with E-state index in [1.54, 1.807) is 0 Å². The Bertz CT molecular complexity index is 276. The Balaban J connectivity index is 2.21. The molecule has 2 atom stereocenters. The van der Waals surface area contributed by atoms with Gasteiger partial charge in [0.05, 0.1) is 6.04 Å². The van der Waals surface area contributed by atoms with Crippen molar-refractivity contribution in [1.29, 1.82) is 0 Å². The predicted molar refractivity (Wildman–Crippen MR) is 47.5 cm³/mol. The van der Waals surface area contributed by atoms with Crippen LogP contribution >= 0.6 is 0 Å². The van der Waals surface area contributed by atoms with Crippen molar-refractivity contribution in [2.45, 2.75) is 12.5 Å². The molecule has 0 radical (unpaired) electrons. The Morgan fingerprint density at radius 3 is 3.00 bits per heavy atom. The Morgan fingerprint density at radius 2 is 2.08 bits per heavy atom. The van der Waals surface area contributed by atoms with Gasteiger partial charge in [-0.3, -0.25) is 4.79 Å². The molecule has 1 amide bonds. The normalized spacial score (nSPS) is 32.5. The van der Waals surface area contributed by atoms with Crippen LogP contribution in [0.1, 0.15) is 6.42 Å². The number of nitrogens with one attached hydrogen (secondary N) is 1. The number of hydrogen-bond acceptors (Lipinski definition) is 1. The summed E-state index contributed by atoms with van der Waals surface area (Å²) in [5.41, 5.74) is 0. The van der Waals surface area contributed by atoms with Gasteiger partial charge in [0.2, 0.25) is 5.91 Å². The van der Waals surface area contributed by atoms with Crippen LogP contribution in [-0.2, 0) is 4.79 Å². The zero-order valence-electron chi connectivity index (χ0n) is 6.73. The molecule has 2 heteroatoms. The molecule has 0 aromatic carbocycles. The zero-order valence-corrected chi connectivity index (χ0v) is 6.73. The van der Waals surface area contributed by atoms with Crippen LogP contribution in [0.3, 0.4) is 0 Å². The van der Waals surface area contributed by atoms with Crippen LogP contribution in [0.25, 0.3) is 0 Å². The average molecular weight is 161 g/mol. The van der Waals surface area contributed by atoms with Crippen molar-refractivity contribution < 1.29 is 4.79 Å². The molecular formula is C10H11NO. The molecule has 0 aromatic rings. The van der Waals surface area contributed by atoms with Gasteiger partial charge < -0.3 is 5.32 Å². The van der Waals surface area contributed by atoms with Crippen LogP contribution in [0.15, 0.2) is 36.5 Å². The summed E-state index contributed by atoms with van der Waals surface area (Å²) in [6, 6.07) is 0.168. The van der Waals surface area contributed by atoms with Gasteiger partial charge in [0.15, 0.2) is 0 Å². The van der Waals surface area contributed by atoms with Gasteiger partial charge in [-0.15, -0.1) is 0 Å². The van der Waals surface area contributed by atoms with E-state index >= 15 is 0 Å². The van der Waals surface area contributed by atoms with E-state index in [9.17, 15) is 4.79 Å². The molecule has 0 spiro atoms. The Morgan fingerprint density at radius 1 is 1.25 bits per heavy atom. The second-order valence-electron chi connectivity index (χ2n) is 3.07. The first kappa shape index (κ1) is 7.35. The highest BCUT2D eigenvalue weighted by Gasteiger charge is 2.19. The summed E-state index contributed by atoms with van der Waals surface area (Å²) in [4.78, 5) is 11.1. The van der Waals surface area contributed by atoms with E-state index in [1.165, 1.54) is 0 Å². The first-order chi connectivity index (χ1) is 5.86. The fourth-order valence-electron chi connectivity index (χ4n) is 1.53. The van der Waals surface area contributed by atoms with E-state index in [4.69, 9.17) is 0 Å². The number of carbonyl (C=O) groups excluding carboxylic acids is 1. The van der Waals surface area contributed by atoms with Gasteiger partial charge in [-0.2, -0.15) is 0 Å². The molecule has 1 N–H and O–H groups in total. The third kappa shape index (κ3) is 1.33. The van der Waals surface area contributed by atoms with Crippen LogP contribution in [0, 0.1) is 5.92 Å². The third-order valence-electron chi connectivity index (χ3n) is 2.17. The summed E-state index contributed by atoms with van der Waals surface area (Å²) in [6.45, 7) is 0. The Kier molecular flexibility index (Phi) is 1.82. The lowest BCUT2D eigenvalue weighted by Gasteiger charge is -2.20. The molecule has 0 bridgehead atoms. The minimum atomic E-state index is 0.110. The lowest BCUT2D eigenvalue weighted by atomic mass is 9.95. The maximum Gasteiger partial charge on any atom is 0.224 e. The van der Waals surface area contributed by atoms with Gasteiger partial charge in [-0.25, -0.2) is 0 Å². The van der Waals surface area contributed by atoms with Crippen LogP contribution in [-0.4, -0.2) is 11.9 Å². The number of carbonyl (C=O) groups is 1. The highest BCUT2D eigenvalue weighted by molar-refractivity contribution is 5.78. The van der Waals surface area contributed by atoms with Gasteiger partial charge in [-0.1, -0.05) is 36.5 Å². The summed E-state index contributed by atoms with van der Waals surface area (Å²) < 4.78 is 0. The molecule has 62 valence electrons. The van der Waals surface area contributed by atoms with Crippen LogP contribution in [0.5, 0.6) is 0 Å². The molecule has 1 aliphatic heterocycles. The summed E-state index contributed by atoms with van der Waals surface area (Å²) in [5.74, 6) is 0.458. The van der Waals surface area contributed by atoms with E-state index in [1.807, 2.05) is 24.3 Å². The second kappa shape index (κ2) is 2.97. The van der Waals surface area contributed by atoms with Gasteiger partial charge in [0.25, 0.3) is 0 Å². The SMILES string of the molecule is O=C1CC=CC2C=CC=CC2N1. The summed E-state index contributed by atoms with van der Waals surface area (Å²) in [5, 5.41) is 2.94. The summed E-state index contributed by atoms with van der Waals surface area (Å²) >= 11 is 0. The van der Waals surface area contributed by atoms with E-state index in [0.717, 1.165) is 0 Å². The molecular weight excluding hydrogens is 150 g/mol. The molecule has 2 unspecified atom stereocenters. The van der Waals surface area contributed by atoms with Crippen molar-refractivity contribution in [3.63, 3.8) is 0 Å². The quantitative estimate of drug-likeness (QED) is 0.531. The van der Waals surface area contributed by atoms with Crippen LogP contribution in [0.4, 0.5) is 0 Å². The topological polar surface area (TPSA) is 29.1 Å². The highest BCUT2D eigenvalue weighted by Crippen LogP contribution is 2.16. The fourth-order valence-corrected chi connectivity index (χ4v) is 1.53.